The smallest absolute Gasteiger partial charge is 0.0426 e. The van der Waals surface area contributed by atoms with Crippen molar-refractivity contribution >= 4 is 23.0 Å². The fraction of sp³-hybridized carbons (Fsp3) is 0.143. The molecule has 2 aromatic carbocycles. The van der Waals surface area contributed by atoms with Crippen molar-refractivity contribution in [3.8, 4) is 0 Å². The third-order valence-corrected chi connectivity index (χ3v) is 2.68. The SMILES string of the molecule is CCc1cccc(Nc2cccc(Cl)c2)c1. The Kier molecular flexibility index (Phi) is 3.47. The summed E-state index contributed by atoms with van der Waals surface area (Å²) < 4.78 is 0. The van der Waals surface area contributed by atoms with E-state index in [1.807, 2.05) is 24.3 Å². The summed E-state index contributed by atoms with van der Waals surface area (Å²) in [6, 6.07) is 16.1. The minimum Gasteiger partial charge on any atom is -0.355 e. The van der Waals surface area contributed by atoms with Crippen LogP contribution in [0.15, 0.2) is 48.5 Å². The number of halogens is 1. The van der Waals surface area contributed by atoms with E-state index in [2.05, 4.69) is 36.5 Å². The molecule has 1 nitrogen and oxygen atoms in total. The van der Waals surface area contributed by atoms with Gasteiger partial charge in [-0.05, 0) is 42.3 Å². The van der Waals surface area contributed by atoms with E-state index in [1.54, 1.807) is 0 Å². The molecule has 0 spiro atoms. The Hall–Kier alpha value is -1.47. The van der Waals surface area contributed by atoms with E-state index in [-0.39, 0.29) is 0 Å². The van der Waals surface area contributed by atoms with Crippen molar-refractivity contribution in [3.05, 3.63) is 59.1 Å². The van der Waals surface area contributed by atoms with Crippen molar-refractivity contribution < 1.29 is 0 Å². The van der Waals surface area contributed by atoms with Crippen LogP contribution in [-0.2, 0) is 6.42 Å². The third-order valence-electron chi connectivity index (χ3n) is 2.45. The standard InChI is InChI=1S/C14H14ClN/c1-2-11-5-3-7-13(9-11)16-14-8-4-6-12(15)10-14/h3-10,16H,2H2,1H3. The number of nitrogens with one attached hydrogen (secondary N) is 1. The van der Waals surface area contributed by atoms with Crippen molar-refractivity contribution in [2.45, 2.75) is 13.3 Å². The fourth-order valence-electron chi connectivity index (χ4n) is 1.60. The van der Waals surface area contributed by atoms with Crippen LogP contribution in [-0.4, -0.2) is 0 Å². The maximum absolute atomic E-state index is 5.93. The van der Waals surface area contributed by atoms with Crippen LogP contribution in [0.1, 0.15) is 12.5 Å². The minimum absolute atomic E-state index is 0.747. The molecule has 0 radical (unpaired) electrons. The fourth-order valence-corrected chi connectivity index (χ4v) is 1.79. The molecule has 0 amide bonds. The summed E-state index contributed by atoms with van der Waals surface area (Å²) in [4.78, 5) is 0. The molecule has 0 heterocycles. The number of anilines is 2. The Morgan fingerprint density at radius 1 is 1.00 bits per heavy atom. The number of rotatable bonds is 3. The van der Waals surface area contributed by atoms with Gasteiger partial charge in [0, 0.05) is 16.4 Å². The first-order valence-corrected chi connectivity index (χ1v) is 5.77. The van der Waals surface area contributed by atoms with Gasteiger partial charge in [-0.3, -0.25) is 0 Å². The van der Waals surface area contributed by atoms with E-state index < -0.39 is 0 Å². The van der Waals surface area contributed by atoms with E-state index in [1.165, 1.54) is 5.56 Å². The second-order valence-electron chi connectivity index (χ2n) is 3.69. The molecule has 0 saturated heterocycles. The Morgan fingerprint density at radius 2 is 1.69 bits per heavy atom. The molecule has 0 aliphatic heterocycles. The zero-order valence-electron chi connectivity index (χ0n) is 9.20. The van der Waals surface area contributed by atoms with Crippen LogP contribution in [0.4, 0.5) is 11.4 Å². The molecule has 0 aliphatic carbocycles. The number of benzene rings is 2. The van der Waals surface area contributed by atoms with Gasteiger partial charge in [-0.25, -0.2) is 0 Å². The highest BCUT2D eigenvalue weighted by molar-refractivity contribution is 6.30. The quantitative estimate of drug-likeness (QED) is 0.811. The van der Waals surface area contributed by atoms with E-state index in [9.17, 15) is 0 Å². The molecular weight excluding hydrogens is 218 g/mol. The lowest BCUT2D eigenvalue weighted by Gasteiger charge is -2.07. The van der Waals surface area contributed by atoms with Gasteiger partial charge in [0.05, 0.1) is 0 Å². The third kappa shape index (κ3) is 2.77. The molecule has 0 fully saturated rings. The van der Waals surface area contributed by atoms with Gasteiger partial charge in [0.1, 0.15) is 0 Å². The van der Waals surface area contributed by atoms with E-state index in [0.29, 0.717) is 0 Å². The van der Waals surface area contributed by atoms with Crippen LogP contribution in [0.2, 0.25) is 5.02 Å². The first-order valence-electron chi connectivity index (χ1n) is 5.39. The lowest BCUT2D eigenvalue weighted by Crippen LogP contribution is -1.91. The molecule has 2 aromatic rings. The van der Waals surface area contributed by atoms with Gasteiger partial charge in [0.15, 0.2) is 0 Å². The summed E-state index contributed by atoms with van der Waals surface area (Å²) in [5.41, 5.74) is 3.44. The molecule has 0 atom stereocenters. The predicted molar refractivity (Wildman–Crippen MR) is 70.6 cm³/mol. The highest BCUT2D eigenvalue weighted by Crippen LogP contribution is 2.20. The van der Waals surface area contributed by atoms with Crippen molar-refractivity contribution in [2.24, 2.45) is 0 Å². The lowest BCUT2D eigenvalue weighted by molar-refractivity contribution is 1.14. The molecule has 82 valence electrons. The maximum atomic E-state index is 5.93. The van der Waals surface area contributed by atoms with Crippen molar-refractivity contribution in [3.63, 3.8) is 0 Å². The Balaban J connectivity index is 2.20. The van der Waals surface area contributed by atoms with Crippen LogP contribution in [0.25, 0.3) is 0 Å². The summed E-state index contributed by atoms with van der Waals surface area (Å²) in [6.45, 7) is 2.15. The summed E-state index contributed by atoms with van der Waals surface area (Å²) in [5, 5.41) is 4.08. The van der Waals surface area contributed by atoms with Gasteiger partial charge in [0.2, 0.25) is 0 Å². The van der Waals surface area contributed by atoms with Gasteiger partial charge in [-0.15, -0.1) is 0 Å². The van der Waals surface area contributed by atoms with Crippen LogP contribution in [0.3, 0.4) is 0 Å². The second kappa shape index (κ2) is 5.04. The van der Waals surface area contributed by atoms with Gasteiger partial charge >= 0.3 is 0 Å². The monoisotopic (exact) mass is 231 g/mol. The highest BCUT2D eigenvalue weighted by Gasteiger charge is 1.96. The van der Waals surface area contributed by atoms with Gasteiger partial charge in [-0.1, -0.05) is 36.7 Å². The van der Waals surface area contributed by atoms with Crippen molar-refractivity contribution in [1.82, 2.24) is 0 Å². The Labute approximate surface area is 101 Å². The van der Waals surface area contributed by atoms with Gasteiger partial charge in [0.25, 0.3) is 0 Å². The Morgan fingerprint density at radius 3 is 2.38 bits per heavy atom. The molecule has 2 heteroatoms. The van der Waals surface area contributed by atoms with Gasteiger partial charge < -0.3 is 5.32 Å². The topological polar surface area (TPSA) is 12.0 Å². The molecular formula is C14H14ClN. The average molecular weight is 232 g/mol. The normalized spacial score (nSPS) is 10.1. The Bertz CT molecular complexity index is 480. The first-order chi connectivity index (χ1) is 7.78. The lowest BCUT2D eigenvalue weighted by atomic mass is 10.1. The molecule has 0 unspecified atom stereocenters. The zero-order chi connectivity index (χ0) is 11.4. The zero-order valence-corrected chi connectivity index (χ0v) is 9.96. The first kappa shape index (κ1) is 11.0. The molecule has 16 heavy (non-hydrogen) atoms. The van der Waals surface area contributed by atoms with E-state index in [4.69, 9.17) is 11.6 Å². The predicted octanol–water partition coefficient (Wildman–Crippen LogP) is 4.65. The van der Waals surface area contributed by atoms with Crippen molar-refractivity contribution in [1.29, 1.82) is 0 Å². The molecule has 0 aromatic heterocycles. The summed E-state index contributed by atoms with van der Waals surface area (Å²) in [5.74, 6) is 0. The minimum atomic E-state index is 0.747. The molecule has 0 bridgehead atoms. The summed E-state index contributed by atoms with van der Waals surface area (Å²) >= 11 is 5.93. The van der Waals surface area contributed by atoms with Crippen molar-refractivity contribution in [2.75, 3.05) is 5.32 Å². The highest BCUT2D eigenvalue weighted by atomic mass is 35.5. The average Bonchev–Trinajstić information content (AvgIpc) is 2.29. The van der Waals surface area contributed by atoms with E-state index >= 15 is 0 Å². The van der Waals surface area contributed by atoms with Gasteiger partial charge in [-0.2, -0.15) is 0 Å². The summed E-state index contributed by atoms with van der Waals surface area (Å²) in [7, 11) is 0. The van der Waals surface area contributed by atoms with Crippen LogP contribution in [0.5, 0.6) is 0 Å². The number of hydrogen-bond donors (Lipinski definition) is 1. The molecule has 2 rings (SSSR count). The maximum Gasteiger partial charge on any atom is 0.0426 e. The van der Waals surface area contributed by atoms with Crippen LogP contribution >= 0.6 is 11.6 Å². The van der Waals surface area contributed by atoms with E-state index in [0.717, 1.165) is 22.8 Å². The largest absolute Gasteiger partial charge is 0.355 e. The summed E-state index contributed by atoms with van der Waals surface area (Å²) in [6.07, 6.45) is 1.05. The van der Waals surface area contributed by atoms with Crippen LogP contribution in [0, 0.1) is 0 Å². The molecule has 0 saturated carbocycles. The number of aryl methyl sites for hydroxylation is 1. The van der Waals surface area contributed by atoms with Crippen LogP contribution < -0.4 is 5.32 Å². The molecule has 1 N–H and O–H groups in total. The number of hydrogen-bond acceptors (Lipinski definition) is 1. The molecule has 0 aliphatic rings. The second-order valence-corrected chi connectivity index (χ2v) is 4.13.